The second-order valence-electron chi connectivity index (χ2n) is 3.95. The van der Waals surface area contributed by atoms with Crippen LogP contribution < -0.4 is 0 Å². The van der Waals surface area contributed by atoms with Crippen LogP contribution in [0.3, 0.4) is 0 Å². The van der Waals surface area contributed by atoms with Crippen molar-refractivity contribution in [2.45, 2.75) is 19.2 Å². The Morgan fingerprint density at radius 3 is 2.62 bits per heavy atom. The van der Waals surface area contributed by atoms with Gasteiger partial charge in [0.15, 0.2) is 0 Å². The van der Waals surface area contributed by atoms with Gasteiger partial charge in [0.2, 0.25) is 5.91 Å². The van der Waals surface area contributed by atoms with Gasteiger partial charge in [-0.05, 0) is 5.92 Å². The molecule has 0 aromatic heterocycles. The molecule has 0 spiro atoms. The lowest BCUT2D eigenvalue weighted by atomic mass is 10.1. The molecule has 2 atom stereocenters. The summed E-state index contributed by atoms with van der Waals surface area (Å²) in [7, 11) is 0. The van der Waals surface area contributed by atoms with Crippen LogP contribution in [-0.4, -0.2) is 35.2 Å². The molecule has 13 heavy (non-hydrogen) atoms. The van der Waals surface area contributed by atoms with Gasteiger partial charge in [0.05, 0.1) is 0 Å². The number of hydrogen-bond donors (Lipinski definition) is 0. The standard InChI is InChI=1S/C9H15Cl2NO/c1-6(2)4-12-5-7(3-10)8(11)9(12)13/h6-8H,3-5H2,1-2H3. The Morgan fingerprint density at radius 2 is 2.23 bits per heavy atom. The fraction of sp³-hybridized carbons (Fsp3) is 0.889. The number of carbonyl (C=O) groups excluding carboxylic acids is 1. The zero-order chi connectivity index (χ0) is 10.0. The van der Waals surface area contributed by atoms with Crippen LogP contribution in [-0.2, 0) is 4.79 Å². The van der Waals surface area contributed by atoms with Crippen molar-refractivity contribution in [3.05, 3.63) is 0 Å². The molecule has 0 aromatic rings. The number of likely N-dealkylation sites (tertiary alicyclic amines) is 1. The summed E-state index contributed by atoms with van der Waals surface area (Å²) in [5.74, 6) is 1.12. The predicted octanol–water partition coefficient (Wildman–Crippen LogP) is 1.95. The molecule has 0 N–H and O–H groups in total. The third-order valence-electron chi connectivity index (χ3n) is 2.20. The first-order chi connectivity index (χ1) is 6.06. The van der Waals surface area contributed by atoms with Crippen LogP contribution in [0.1, 0.15) is 13.8 Å². The van der Waals surface area contributed by atoms with Crippen LogP contribution in [0.25, 0.3) is 0 Å². The quantitative estimate of drug-likeness (QED) is 0.671. The smallest absolute Gasteiger partial charge is 0.241 e. The Hall–Kier alpha value is 0.0500. The van der Waals surface area contributed by atoms with Crippen molar-refractivity contribution >= 4 is 29.1 Å². The summed E-state index contributed by atoms with van der Waals surface area (Å²) in [6, 6.07) is 0. The van der Waals surface area contributed by atoms with Gasteiger partial charge in [0, 0.05) is 24.9 Å². The van der Waals surface area contributed by atoms with Gasteiger partial charge in [-0.25, -0.2) is 0 Å². The first kappa shape index (κ1) is 11.1. The maximum Gasteiger partial charge on any atom is 0.241 e. The lowest BCUT2D eigenvalue weighted by Crippen LogP contribution is -2.31. The zero-order valence-electron chi connectivity index (χ0n) is 7.96. The molecule has 2 nitrogen and oxygen atoms in total. The van der Waals surface area contributed by atoms with E-state index in [1.165, 1.54) is 0 Å². The molecule has 0 saturated carbocycles. The van der Waals surface area contributed by atoms with E-state index in [0.717, 1.165) is 6.54 Å². The highest BCUT2D eigenvalue weighted by Crippen LogP contribution is 2.25. The first-order valence-electron chi connectivity index (χ1n) is 4.55. The molecule has 0 bridgehead atoms. The molecule has 1 rings (SSSR count). The molecule has 1 heterocycles. The second kappa shape index (κ2) is 4.52. The van der Waals surface area contributed by atoms with E-state index in [1.54, 1.807) is 0 Å². The van der Waals surface area contributed by atoms with Gasteiger partial charge in [0.1, 0.15) is 5.38 Å². The molecule has 1 aliphatic heterocycles. The monoisotopic (exact) mass is 223 g/mol. The van der Waals surface area contributed by atoms with Crippen LogP contribution in [0.5, 0.6) is 0 Å². The van der Waals surface area contributed by atoms with Crippen molar-refractivity contribution in [3.8, 4) is 0 Å². The highest BCUT2D eigenvalue weighted by Gasteiger charge is 2.38. The van der Waals surface area contributed by atoms with Crippen LogP contribution in [0.4, 0.5) is 0 Å². The minimum atomic E-state index is -0.406. The van der Waals surface area contributed by atoms with Crippen LogP contribution in [0.2, 0.25) is 0 Å². The van der Waals surface area contributed by atoms with E-state index in [2.05, 4.69) is 13.8 Å². The van der Waals surface area contributed by atoms with Crippen LogP contribution in [0, 0.1) is 11.8 Å². The third kappa shape index (κ3) is 2.50. The normalized spacial score (nSPS) is 29.0. The number of nitrogens with zero attached hydrogens (tertiary/aromatic N) is 1. The highest BCUT2D eigenvalue weighted by molar-refractivity contribution is 6.32. The Morgan fingerprint density at radius 1 is 1.62 bits per heavy atom. The minimum Gasteiger partial charge on any atom is -0.341 e. The topological polar surface area (TPSA) is 20.3 Å². The van der Waals surface area contributed by atoms with Crippen molar-refractivity contribution in [1.29, 1.82) is 0 Å². The van der Waals surface area contributed by atoms with Gasteiger partial charge in [-0.3, -0.25) is 4.79 Å². The van der Waals surface area contributed by atoms with Crippen LogP contribution in [0.15, 0.2) is 0 Å². The molecule has 1 saturated heterocycles. The maximum atomic E-state index is 11.5. The number of halogens is 2. The predicted molar refractivity (Wildman–Crippen MR) is 55.3 cm³/mol. The van der Waals surface area contributed by atoms with E-state index in [-0.39, 0.29) is 11.8 Å². The molecule has 4 heteroatoms. The molecule has 76 valence electrons. The Kier molecular flexibility index (Phi) is 3.87. The number of alkyl halides is 2. The molecular weight excluding hydrogens is 209 g/mol. The van der Waals surface area contributed by atoms with E-state index in [1.807, 2.05) is 4.90 Å². The zero-order valence-corrected chi connectivity index (χ0v) is 9.48. The summed E-state index contributed by atoms with van der Waals surface area (Å²) in [4.78, 5) is 13.4. The van der Waals surface area contributed by atoms with Crippen molar-refractivity contribution in [2.75, 3.05) is 19.0 Å². The molecule has 1 aliphatic rings. The second-order valence-corrected chi connectivity index (χ2v) is 4.73. The molecule has 0 aliphatic carbocycles. The summed E-state index contributed by atoms with van der Waals surface area (Å²) < 4.78 is 0. The lowest BCUT2D eigenvalue weighted by molar-refractivity contribution is -0.127. The van der Waals surface area contributed by atoms with Gasteiger partial charge in [-0.1, -0.05) is 13.8 Å². The number of amides is 1. The highest BCUT2D eigenvalue weighted by atomic mass is 35.5. The molecule has 2 unspecified atom stereocenters. The van der Waals surface area contributed by atoms with Gasteiger partial charge < -0.3 is 4.90 Å². The summed E-state index contributed by atoms with van der Waals surface area (Å²) >= 11 is 11.6. The molecular formula is C9H15Cl2NO. The average Bonchev–Trinajstić information content (AvgIpc) is 2.32. The number of rotatable bonds is 3. The molecule has 1 amide bonds. The van der Waals surface area contributed by atoms with E-state index in [0.29, 0.717) is 18.3 Å². The lowest BCUT2D eigenvalue weighted by Gasteiger charge is -2.18. The van der Waals surface area contributed by atoms with Crippen molar-refractivity contribution in [2.24, 2.45) is 11.8 Å². The fourth-order valence-electron chi connectivity index (χ4n) is 1.57. The van der Waals surface area contributed by atoms with E-state index in [9.17, 15) is 4.79 Å². The third-order valence-corrected chi connectivity index (χ3v) is 3.14. The fourth-order valence-corrected chi connectivity index (χ4v) is 2.25. The first-order valence-corrected chi connectivity index (χ1v) is 5.52. The average molecular weight is 224 g/mol. The number of hydrogen-bond acceptors (Lipinski definition) is 1. The van der Waals surface area contributed by atoms with E-state index < -0.39 is 5.38 Å². The molecule has 1 fully saturated rings. The van der Waals surface area contributed by atoms with E-state index in [4.69, 9.17) is 23.2 Å². The SMILES string of the molecule is CC(C)CN1CC(CCl)C(Cl)C1=O. The summed E-state index contributed by atoms with van der Waals surface area (Å²) in [6.07, 6.45) is 0. The summed E-state index contributed by atoms with van der Waals surface area (Å²) in [6.45, 7) is 5.68. The Bertz CT molecular complexity index is 196. The Labute approximate surface area is 89.2 Å². The number of carbonyl (C=O) groups is 1. The Balaban J connectivity index is 2.55. The van der Waals surface area contributed by atoms with Gasteiger partial charge in [0.25, 0.3) is 0 Å². The van der Waals surface area contributed by atoms with Crippen molar-refractivity contribution in [1.82, 2.24) is 4.90 Å². The van der Waals surface area contributed by atoms with E-state index >= 15 is 0 Å². The van der Waals surface area contributed by atoms with Gasteiger partial charge in [-0.2, -0.15) is 0 Å². The summed E-state index contributed by atoms with van der Waals surface area (Å²) in [5, 5.41) is -0.406. The largest absolute Gasteiger partial charge is 0.341 e. The molecule has 0 radical (unpaired) electrons. The minimum absolute atomic E-state index is 0.0426. The van der Waals surface area contributed by atoms with Crippen molar-refractivity contribution in [3.63, 3.8) is 0 Å². The van der Waals surface area contributed by atoms with Gasteiger partial charge >= 0.3 is 0 Å². The molecule has 0 aromatic carbocycles. The summed E-state index contributed by atoms with van der Waals surface area (Å²) in [5.41, 5.74) is 0. The van der Waals surface area contributed by atoms with Crippen molar-refractivity contribution < 1.29 is 4.79 Å². The maximum absolute atomic E-state index is 11.5. The van der Waals surface area contributed by atoms with Gasteiger partial charge in [-0.15, -0.1) is 23.2 Å². The van der Waals surface area contributed by atoms with Crippen LogP contribution >= 0.6 is 23.2 Å².